The molecular formula is C25H25N3O3. The summed E-state index contributed by atoms with van der Waals surface area (Å²) in [7, 11) is 0. The first-order valence-corrected chi connectivity index (χ1v) is 10.5. The number of nitriles is 1. The molecule has 1 unspecified atom stereocenters. The van der Waals surface area contributed by atoms with Crippen LogP contribution in [0.3, 0.4) is 0 Å². The summed E-state index contributed by atoms with van der Waals surface area (Å²) in [4.78, 5) is 12.7. The number of nitrogens with zero attached hydrogens (tertiary/aromatic N) is 2. The second kappa shape index (κ2) is 8.97. The summed E-state index contributed by atoms with van der Waals surface area (Å²) in [6.07, 6.45) is 6.67. The third kappa shape index (κ3) is 4.41. The van der Waals surface area contributed by atoms with E-state index in [0.717, 1.165) is 34.2 Å². The molecule has 1 amide bonds. The van der Waals surface area contributed by atoms with Crippen molar-refractivity contribution >= 4 is 28.6 Å². The van der Waals surface area contributed by atoms with Crippen LogP contribution in [0.5, 0.6) is 11.5 Å². The maximum atomic E-state index is 12.7. The fraction of sp³-hybridized carbons (Fsp3) is 0.280. The number of ether oxygens (including phenoxy) is 2. The second-order valence-corrected chi connectivity index (χ2v) is 7.55. The number of aromatic nitrogens is 1. The van der Waals surface area contributed by atoms with E-state index in [4.69, 9.17) is 14.7 Å². The summed E-state index contributed by atoms with van der Waals surface area (Å²) >= 11 is 0. The molecule has 3 aromatic rings. The topological polar surface area (TPSA) is 76.3 Å². The van der Waals surface area contributed by atoms with Crippen LogP contribution in [0, 0.1) is 11.3 Å². The van der Waals surface area contributed by atoms with Gasteiger partial charge in [-0.1, -0.05) is 18.2 Å². The molecule has 0 fully saturated rings. The number of nitrogens with one attached hydrogen (secondary N) is 1. The summed E-state index contributed by atoms with van der Waals surface area (Å²) in [6, 6.07) is 13.9. The van der Waals surface area contributed by atoms with Crippen LogP contribution < -0.4 is 14.8 Å². The summed E-state index contributed by atoms with van der Waals surface area (Å²) in [5.74, 6) is 1.19. The first kappa shape index (κ1) is 20.5. The van der Waals surface area contributed by atoms with Crippen molar-refractivity contribution in [3.63, 3.8) is 0 Å². The maximum Gasteiger partial charge on any atom is 0.248 e. The number of amides is 1. The van der Waals surface area contributed by atoms with Crippen LogP contribution in [0.2, 0.25) is 0 Å². The summed E-state index contributed by atoms with van der Waals surface area (Å²) in [5.41, 5.74) is 3.66. The number of benzene rings is 2. The number of hydrogen-bond donors (Lipinski definition) is 1. The number of hydrogen-bond acceptors (Lipinski definition) is 4. The van der Waals surface area contributed by atoms with Crippen LogP contribution in [0.1, 0.15) is 31.4 Å². The molecule has 4 rings (SSSR count). The molecule has 1 N–H and O–H groups in total. The molecule has 0 saturated carbocycles. The molecule has 0 radical (unpaired) electrons. The van der Waals surface area contributed by atoms with Crippen LogP contribution in [0.25, 0.3) is 17.0 Å². The van der Waals surface area contributed by atoms with Crippen molar-refractivity contribution in [1.82, 2.24) is 4.57 Å². The van der Waals surface area contributed by atoms with Crippen molar-refractivity contribution in [2.24, 2.45) is 0 Å². The highest BCUT2D eigenvalue weighted by Gasteiger charge is 2.22. The first-order chi connectivity index (χ1) is 15.1. The Morgan fingerprint density at radius 3 is 3.03 bits per heavy atom. The quantitative estimate of drug-likeness (QED) is 0.555. The minimum atomic E-state index is -0.249. The fourth-order valence-corrected chi connectivity index (χ4v) is 3.92. The molecule has 1 atom stereocenters. The van der Waals surface area contributed by atoms with Gasteiger partial charge in [-0.3, -0.25) is 4.79 Å². The van der Waals surface area contributed by atoms with Gasteiger partial charge in [0, 0.05) is 53.3 Å². The van der Waals surface area contributed by atoms with Crippen LogP contribution in [0.4, 0.5) is 5.69 Å². The Balaban J connectivity index is 1.56. The van der Waals surface area contributed by atoms with Gasteiger partial charge in [-0.2, -0.15) is 5.26 Å². The van der Waals surface area contributed by atoms with Crippen molar-refractivity contribution in [2.45, 2.75) is 39.3 Å². The average molecular weight is 415 g/mol. The van der Waals surface area contributed by atoms with Crippen LogP contribution in [-0.4, -0.2) is 23.2 Å². The number of rotatable bonds is 7. The second-order valence-electron chi connectivity index (χ2n) is 7.55. The lowest BCUT2D eigenvalue weighted by molar-refractivity contribution is -0.111. The van der Waals surface area contributed by atoms with E-state index in [2.05, 4.69) is 11.4 Å². The predicted octanol–water partition coefficient (Wildman–Crippen LogP) is 4.93. The zero-order chi connectivity index (χ0) is 21.8. The highest BCUT2D eigenvalue weighted by molar-refractivity contribution is 6.04. The number of carbonyl (C=O) groups is 1. The van der Waals surface area contributed by atoms with Gasteiger partial charge in [-0.15, -0.1) is 0 Å². The molecule has 6 heteroatoms. The third-order valence-electron chi connectivity index (χ3n) is 5.25. The molecular weight excluding hydrogens is 390 g/mol. The Morgan fingerprint density at radius 2 is 2.23 bits per heavy atom. The fourth-order valence-electron chi connectivity index (χ4n) is 3.92. The molecule has 0 bridgehead atoms. The lowest BCUT2D eigenvalue weighted by Crippen LogP contribution is -2.10. The van der Waals surface area contributed by atoms with Crippen LogP contribution in [-0.2, 0) is 17.8 Å². The van der Waals surface area contributed by atoms with E-state index in [9.17, 15) is 4.79 Å². The van der Waals surface area contributed by atoms with Gasteiger partial charge in [0.05, 0.1) is 24.8 Å². The van der Waals surface area contributed by atoms with Gasteiger partial charge < -0.3 is 19.4 Å². The van der Waals surface area contributed by atoms with Crippen molar-refractivity contribution < 1.29 is 14.3 Å². The Labute approximate surface area is 181 Å². The number of para-hydroxylation sites is 1. The van der Waals surface area contributed by atoms with Gasteiger partial charge in [0.2, 0.25) is 5.91 Å². The Kier molecular flexibility index (Phi) is 5.94. The molecule has 1 aliphatic heterocycles. The Hall–Kier alpha value is -3.72. The van der Waals surface area contributed by atoms with Gasteiger partial charge in [0.1, 0.15) is 17.6 Å². The number of anilines is 1. The third-order valence-corrected chi connectivity index (χ3v) is 5.25. The highest BCUT2D eigenvalue weighted by Crippen LogP contribution is 2.38. The van der Waals surface area contributed by atoms with E-state index in [0.29, 0.717) is 31.0 Å². The van der Waals surface area contributed by atoms with Crippen molar-refractivity contribution in [1.29, 1.82) is 5.26 Å². The summed E-state index contributed by atoms with van der Waals surface area (Å²) < 4.78 is 13.6. The zero-order valence-corrected chi connectivity index (χ0v) is 17.7. The normalized spacial score (nSPS) is 14.9. The standard InChI is InChI=1S/C25H25N3O3/c1-3-30-24-14-19-13-17(2)31-23(19)15-21(24)27-25(29)10-9-18-16-28(12-6-11-26)22-8-5-4-7-20(18)22/h4-5,7-10,14-17H,3,6,12-13H2,1-2H3,(H,27,29)/b10-9+. The van der Waals surface area contributed by atoms with Crippen LogP contribution >= 0.6 is 0 Å². The average Bonchev–Trinajstić information content (AvgIpc) is 3.30. The van der Waals surface area contributed by atoms with E-state index in [1.807, 2.05) is 61.0 Å². The maximum absolute atomic E-state index is 12.7. The Bertz CT molecular complexity index is 1190. The molecule has 2 heterocycles. The van der Waals surface area contributed by atoms with Crippen LogP contribution in [0.15, 0.2) is 48.7 Å². The molecule has 158 valence electrons. The van der Waals surface area contributed by atoms with E-state index in [1.165, 1.54) is 6.08 Å². The van der Waals surface area contributed by atoms with E-state index < -0.39 is 0 Å². The Morgan fingerprint density at radius 1 is 1.39 bits per heavy atom. The minimum absolute atomic E-state index is 0.119. The van der Waals surface area contributed by atoms with Gasteiger partial charge in [0.15, 0.2) is 0 Å². The van der Waals surface area contributed by atoms with Crippen molar-refractivity contribution in [3.8, 4) is 17.6 Å². The van der Waals surface area contributed by atoms with E-state index >= 15 is 0 Å². The van der Waals surface area contributed by atoms with Crippen molar-refractivity contribution in [3.05, 3.63) is 59.8 Å². The van der Waals surface area contributed by atoms with Crippen molar-refractivity contribution in [2.75, 3.05) is 11.9 Å². The van der Waals surface area contributed by atoms with Gasteiger partial charge in [-0.05, 0) is 32.1 Å². The molecule has 0 saturated heterocycles. The highest BCUT2D eigenvalue weighted by atomic mass is 16.5. The van der Waals surface area contributed by atoms with Gasteiger partial charge in [-0.25, -0.2) is 0 Å². The molecule has 2 aromatic carbocycles. The SMILES string of the molecule is CCOc1cc2c(cc1NC(=O)/C=C/c1cn(CCC#N)c3ccccc13)OC(C)C2. The lowest BCUT2D eigenvalue weighted by Gasteiger charge is -2.12. The van der Waals surface area contributed by atoms with Gasteiger partial charge >= 0.3 is 0 Å². The summed E-state index contributed by atoms with van der Waals surface area (Å²) in [6.45, 7) is 5.06. The molecule has 6 nitrogen and oxygen atoms in total. The smallest absolute Gasteiger partial charge is 0.248 e. The number of aryl methyl sites for hydroxylation is 1. The van der Waals surface area contributed by atoms with Gasteiger partial charge in [0.25, 0.3) is 0 Å². The molecule has 0 aliphatic carbocycles. The molecule has 0 spiro atoms. The monoisotopic (exact) mass is 415 g/mol. The first-order valence-electron chi connectivity index (χ1n) is 10.5. The zero-order valence-electron chi connectivity index (χ0n) is 17.7. The van der Waals surface area contributed by atoms with E-state index in [-0.39, 0.29) is 12.0 Å². The largest absolute Gasteiger partial charge is 0.492 e. The minimum Gasteiger partial charge on any atom is -0.492 e. The number of fused-ring (bicyclic) bond motifs is 2. The lowest BCUT2D eigenvalue weighted by atomic mass is 10.1. The van der Waals surface area contributed by atoms with E-state index in [1.54, 1.807) is 6.08 Å². The molecule has 1 aliphatic rings. The summed E-state index contributed by atoms with van der Waals surface area (Å²) in [5, 5.41) is 12.9. The molecule has 31 heavy (non-hydrogen) atoms. The predicted molar refractivity (Wildman–Crippen MR) is 121 cm³/mol. The molecule has 1 aromatic heterocycles. The number of carbonyl (C=O) groups excluding carboxylic acids is 1.